The summed E-state index contributed by atoms with van der Waals surface area (Å²) in [6.07, 6.45) is 4.20. The van der Waals surface area contributed by atoms with E-state index in [1.807, 2.05) is 24.3 Å². The number of rotatable bonds is 5. The molecule has 1 aromatic carbocycles. The van der Waals surface area contributed by atoms with Crippen LogP contribution in [0.1, 0.15) is 31.2 Å². The smallest absolute Gasteiger partial charge is 0.245 e. The number of aliphatic hydroxyl groups is 1. The number of benzene rings is 1. The van der Waals surface area contributed by atoms with E-state index in [9.17, 15) is 9.59 Å². The molecule has 20 heavy (non-hydrogen) atoms. The van der Waals surface area contributed by atoms with Crippen molar-refractivity contribution >= 4 is 17.5 Å². The molecule has 0 saturated heterocycles. The van der Waals surface area contributed by atoms with Crippen molar-refractivity contribution in [1.29, 1.82) is 0 Å². The Balaban J connectivity index is 1.91. The van der Waals surface area contributed by atoms with E-state index < -0.39 is 12.5 Å². The van der Waals surface area contributed by atoms with Crippen molar-refractivity contribution in [2.45, 2.75) is 32.2 Å². The van der Waals surface area contributed by atoms with Crippen molar-refractivity contribution in [2.24, 2.45) is 5.92 Å². The minimum Gasteiger partial charge on any atom is -0.387 e. The van der Waals surface area contributed by atoms with Crippen LogP contribution in [0.3, 0.4) is 0 Å². The summed E-state index contributed by atoms with van der Waals surface area (Å²) in [6.45, 7) is -0.176. The molecular weight excluding hydrogens is 256 g/mol. The summed E-state index contributed by atoms with van der Waals surface area (Å²) in [4.78, 5) is 23.0. The number of amides is 2. The number of carbonyl (C=O) groups excluding carboxylic acids is 2. The number of carbonyl (C=O) groups is 2. The average molecular weight is 276 g/mol. The topological polar surface area (TPSA) is 78.4 Å². The van der Waals surface area contributed by atoms with Gasteiger partial charge in [0.2, 0.25) is 11.8 Å². The Morgan fingerprint density at radius 1 is 1.25 bits per heavy atom. The summed E-state index contributed by atoms with van der Waals surface area (Å²) in [6, 6.07) is 7.38. The summed E-state index contributed by atoms with van der Waals surface area (Å²) in [5.74, 6) is -0.197. The zero-order chi connectivity index (χ0) is 14.4. The van der Waals surface area contributed by atoms with Gasteiger partial charge in [0.15, 0.2) is 0 Å². The molecule has 3 N–H and O–H groups in total. The molecule has 0 radical (unpaired) electrons. The zero-order valence-corrected chi connectivity index (χ0v) is 11.4. The quantitative estimate of drug-likeness (QED) is 0.761. The first-order valence-electron chi connectivity index (χ1n) is 6.96. The van der Waals surface area contributed by atoms with Crippen LogP contribution in [0.2, 0.25) is 0 Å². The minimum absolute atomic E-state index is 0.0824. The summed E-state index contributed by atoms with van der Waals surface area (Å²) in [7, 11) is 0. The summed E-state index contributed by atoms with van der Waals surface area (Å²) in [5, 5.41) is 14.1. The predicted molar refractivity (Wildman–Crippen MR) is 76.0 cm³/mol. The van der Waals surface area contributed by atoms with Crippen molar-refractivity contribution in [2.75, 3.05) is 11.9 Å². The fraction of sp³-hybridized carbons (Fsp3) is 0.467. The maximum atomic E-state index is 12.0. The van der Waals surface area contributed by atoms with Gasteiger partial charge < -0.3 is 15.7 Å². The first-order valence-corrected chi connectivity index (χ1v) is 6.96. The lowest BCUT2D eigenvalue weighted by Gasteiger charge is -2.11. The first-order chi connectivity index (χ1) is 9.69. The lowest BCUT2D eigenvalue weighted by atomic mass is 10.1. The van der Waals surface area contributed by atoms with Crippen LogP contribution >= 0.6 is 0 Å². The average Bonchev–Trinajstić information content (AvgIpc) is 2.99. The van der Waals surface area contributed by atoms with E-state index in [1.165, 1.54) is 0 Å². The fourth-order valence-electron chi connectivity index (χ4n) is 2.45. The Kier molecular flexibility index (Phi) is 5.12. The van der Waals surface area contributed by atoms with Gasteiger partial charge in [0.25, 0.3) is 0 Å². The Bertz CT molecular complexity index is 482. The molecular formula is C15H20N2O3. The Morgan fingerprint density at radius 3 is 2.70 bits per heavy atom. The minimum atomic E-state index is -0.516. The van der Waals surface area contributed by atoms with Crippen LogP contribution < -0.4 is 10.6 Å². The molecule has 2 amide bonds. The molecule has 1 aromatic rings. The van der Waals surface area contributed by atoms with Gasteiger partial charge in [-0.2, -0.15) is 0 Å². The van der Waals surface area contributed by atoms with E-state index in [-0.39, 0.29) is 11.8 Å². The highest BCUT2D eigenvalue weighted by Gasteiger charge is 2.22. The monoisotopic (exact) mass is 276 g/mol. The van der Waals surface area contributed by atoms with E-state index in [0.717, 1.165) is 36.9 Å². The van der Waals surface area contributed by atoms with E-state index in [2.05, 4.69) is 10.6 Å². The highest BCUT2D eigenvalue weighted by Crippen LogP contribution is 2.26. The van der Waals surface area contributed by atoms with E-state index >= 15 is 0 Å². The lowest BCUT2D eigenvalue weighted by Crippen LogP contribution is -2.25. The standard InChI is InChI=1S/C15H20N2O3/c18-10-14(19)16-9-11-4-3-7-13(8-11)17-15(20)12-5-1-2-6-12/h3-4,7-8,12,18H,1-2,5-6,9-10H2,(H,16,19)(H,17,20). The molecule has 0 bridgehead atoms. The van der Waals surface area contributed by atoms with Crippen LogP contribution in [-0.2, 0) is 16.1 Å². The summed E-state index contributed by atoms with van der Waals surface area (Å²) < 4.78 is 0. The van der Waals surface area contributed by atoms with Crippen LogP contribution in [0.5, 0.6) is 0 Å². The van der Waals surface area contributed by atoms with Gasteiger partial charge in [-0.1, -0.05) is 25.0 Å². The van der Waals surface area contributed by atoms with Gasteiger partial charge in [0.05, 0.1) is 0 Å². The third-order valence-corrected chi connectivity index (χ3v) is 3.55. The van der Waals surface area contributed by atoms with Gasteiger partial charge in [-0.05, 0) is 30.5 Å². The second kappa shape index (κ2) is 7.05. The summed E-state index contributed by atoms with van der Waals surface area (Å²) >= 11 is 0. The third kappa shape index (κ3) is 4.06. The number of aliphatic hydroxyl groups excluding tert-OH is 1. The number of anilines is 1. The maximum Gasteiger partial charge on any atom is 0.245 e. The normalized spacial score (nSPS) is 15.1. The number of nitrogens with one attached hydrogen (secondary N) is 2. The van der Waals surface area contributed by atoms with Gasteiger partial charge in [-0.3, -0.25) is 9.59 Å². The molecule has 0 unspecified atom stereocenters. The summed E-state index contributed by atoms with van der Waals surface area (Å²) in [5.41, 5.74) is 1.63. The Morgan fingerprint density at radius 2 is 2.00 bits per heavy atom. The van der Waals surface area contributed by atoms with Crippen LogP contribution in [-0.4, -0.2) is 23.5 Å². The largest absolute Gasteiger partial charge is 0.387 e. The highest BCUT2D eigenvalue weighted by atomic mass is 16.3. The van der Waals surface area contributed by atoms with Crippen molar-refractivity contribution in [3.8, 4) is 0 Å². The molecule has 0 atom stereocenters. The van der Waals surface area contributed by atoms with E-state index in [4.69, 9.17) is 5.11 Å². The molecule has 0 spiro atoms. The molecule has 1 aliphatic carbocycles. The van der Waals surface area contributed by atoms with Crippen LogP contribution in [0.15, 0.2) is 24.3 Å². The van der Waals surface area contributed by atoms with Gasteiger partial charge in [-0.25, -0.2) is 0 Å². The van der Waals surface area contributed by atoms with Crippen LogP contribution in [0, 0.1) is 5.92 Å². The molecule has 1 fully saturated rings. The fourth-order valence-corrected chi connectivity index (χ4v) is 2.45. The van der Waals surface area contributed by atoms with Crippen molar-refractivity contribution < 1.29 is 14.7 Å². The van der Waals surface area contributed by atoms with Crippen LogP contribution in [0.25, 0.3) is 0 Å². The molecule has 108 valence electrons. The second-order valence-electron chi connectivity index (χ2n) is 5.11. The van der Waals surface area contributed by atoms with Gasteiger partial charge >= 0.3 is 0 Å². The van der Waals surface area contributed by atoms with Gasteiger partial charge in [0.1, 0.15) is 6.61 Å². The van der Waals surface area contributed by atoms with Gasteiger partial charge in [-0.15, -0.1) is 0 Å². The third-order valence-electron chi connectivity index (χ3n) is 3.55. The molecule has 0 heterocycles. The SMILES string of the molecule is O=C(CO)NCc1cccc(NC(=O)C2CCCC2)c1. The van der Waals surface area contributed by atoms with Gasteiger partial charge in [0, 0.05) is 18.2 Å². The molecule has 1 saturated carbocycles. The number of hydrogen-bond acceptors (Lipinski definition) is 3. The van der Waals surface area contributed by atoms with Crippen molar-refractivity contribution in [1.82, 2.24) is 5.32 Å². The highest BCUT2D eigenvalue weighted by molar-refractivity contribution is 5.92. The maximum absolute atomic E-state index is 12.0. The van der Waals surface area contributed by atoms with Crippen molar-refractivity contribution in [3.63, 3.8) is 0 Å². The van der Waals surface area contributed by atoms with E-state index in [0.29, 0.717) is 6.54 Å². The Labute approximate surface area is 118 Å². The van der Waals surface area contributed by atoms with Crippen molar-refractivity contribution in [3.05, 3.63) is 29.8 Å². The molecule has 2 rings (SSSR count). The zero-order valence-electron chi connectivity index (χ0n) is 11.4. The molecule has 0 aromatic heterocycles. The number of hydrogen-bond donors (Lipinski definition) is 3. The molecule has 0 aliphatic heterocycles. The Hall–Kier alpha value is -1.88. The van der Waals surface area contributed by atoms with Crippen LogP contribution in [0.4, 0.5) is 5.69 Å². The predicted octanol–water partition coefficient (Wildman–Crippen LogP) is 1.42. The molecule has 5 heteroatoms. The lowest BCUT2D eigenvalue weighted by molar-refractivity contribution is -0.124. The molecule has 1 aliphatic rings. The van der Waals surface area contributed by atoms with E-state index in [1.54, 1.807) is 0 Å². The molecule has 5 nitrogen and oxygen atoms in total. The first kappa shape index (κ1) is 14.5. The second-order valence-corrected chi connectivity index (χ2v) is 5.11.